The third kappa shape index (κ3) is 3.76. The van der Waals surface area contributed by atoms with Crippen LogP contribution in [0.5, 0.6) is 0 Å². The highest BCUT2D eigenvalue weighted by Crippen LogP contribution is 2.41. The van der Waals surface area contributed by atoms with Crippen molar-refractivity contribution >= 4 is 5.97 Å². The Bertz CT molecular complexity index is 1100. The first kappa shape index (κ1) is 20.0. The van der Waals surface area contributed by atoms with Crippen molar-refractivity contribution in [3.8, 4) is 0 Å². The van der Waals surface area contributed by atoms with Gasteiger partial charge in [-0.25, -0.2) is 14.2 Å². The predicted octanol–water partition coefficient (Wildman–Crippen LogP) is 3.27. The first-order chi connectivity index (χ1) is 14.5. The van der Waals surface area contributed by atoms with Crippen LogP contribution in [0.1, 0.15) is 40.0 Å². The van der Waals surface area contributed by atoms with E-state index in [1.165, 1.54) is 19.2 Å². The largest absolute Gasteiger partial charge is 0.464 e. The summed E-state index contributed by atoms with van der Waals surface area (Å²) >= 11 is 0. The average Bonchev–Trinajstić information content (AvgIpc) is 3.27. The fourth-order valence-electron chi connectivity index (χ4n) is 3.81. The van der Waals surface area contributed by atoms with Crippen LogP contribution in [0.25, 0.3) is 0 Å². The minimum absolute atomic E-state index is 0.179. The van der Waals surface area contributed by atoms with Crippen molar-refractivity contribution in [1.29, 1.82) is 0 Å². The van der Waals surface area contributed by atoms with Crippen molar-refractivity contribution in [2.75, 3.05) is 13.7 Å². The van der Waals surface area contributed by atoms with Gasteiger partial charge in [0.15, 0.2) is 0 Å². The molecule has 7 heteroatoms. The van der Waals surface area contributed by atoms with Crippen LogP contribution in [0.4, 0.5) is 4.39 Å². The number of hydrogen-bond acceptors (Lipinski definition) is 5. The van der Waals surface area contributed by atoms with E-state index < -0.39 is 11.6 Å². The first-order valence-corrected chi connectivity index (χ1v) is 9.66. The summed E-state index contributed by atoms with van der Waals surface area (Å²) in [6.07, 6.45) is 4.85. The van der Waals surface area contributed by atoms with Gasteiger partial charge in [-0.15, -0.1) is 0 Å². The van der Waals surface area contributed by atoms with Crippen LogP contribution in [0.3, 0.4) is 0 Å². The van der Waals surface area contributed by atoms with E-state index in [0.717, 1.165) is 29.5 Å². The fourth-order valence-corrected chi connectivity index (χ4v) is 3.81. The Morgan fingerprint density at radius 2 is 2.00 bits per heavy atom. The zero-order valence-corrected chi connectivity index (χ0v) is 16.5. The summed E-state index contributed by atoms with van der Waals surface area (Å²) in [7, 11) is 1.30. The Balaban J connectivity index is 1.61. The van der Waals surface area contributed by atoms with Gasteiger partial charge in [-0.2, -0.15) is 0 Å². The molecule has 1 aliphatic heterocycles. The first-order valence-electron chi connectivity index (χ1n) is 9.66. The Hall–Kier alpha value is -3.32. The molecule has 30 heavy (non-hydrogen) atoms. The zero-order chi connectivity index (χ0) is 21.1. The number of ether oxygens (including phenoxy) is 2. The molecule has 3 heterocycles. The maximum Gasteiger partial charge on any atom is 0.356 e. The number of rotatable bonds is 5. The minimum Gasteiger partial charge on any atom is -0.464 e. The summed E-state index contributed by atoms with van der Waals surface area (Å²) in [5.41, 5.74) is 1.66. The van der Waals surface area contributed by atoms with Gasteiger partial charge in [0.2, 0.25) is 0 Å². The molecule has 1 atom stereocenters. The van der Waals surface area contributed by atoms with Gasteiger partial charge in [-0.3, -0.25) is 4.79 Å². The van der Waals surface area contributed by atoms with Crippen molar-refractivity contribution in [3.63, 3.8) is 0 Å². The molecule has 1 aromatic carbocycles. The standard InChI is InChI=1S/C23H21FN2O4/c1-29-22(28)20-8-3-16(14-25-20)15-26-11-9-18(13-21(26)27)23(10-2-12-30-23)17-4-6-19(24)7-5-17/h3-9,11,13-14H,2,10,12,15H2,1H3. The van der Waals surface area contributed by atoms with Crippen LogP contribution in [0.2, 0.25) is 0 Å². The topological polar surface area (TPSA) is 70.4 Å². The lowest BCUT2D eigenvalue weighted by atomic mass is 9.84. The molecule has 0 bridgehead atoms. The molecule has 1 saturated heterocycles. The second-order valence-corrected chi connectivity index (χ2v) is 7.21. The van der Waals surface area contributed by atoms with Gasteiger partial charge < -0.3 is 14.0 Å². The van der Waals surface area contributed by atoms with Crippen LogP contribution >= 0.6 is 0 Å². The Kier molecular flexibility index (Phi) is 5.46. The van der Waals surface area contributed by atoms with Gasteiger partial charge >= 0.3 is 5.97 Å². The molecule has 1 aliphatic rings. The minimum atomic E-state index is -0.740. The summed E-state index contributed by atoms with van der Waals surface area (Å²) in [6.45, 7) is 0.899. The lowest BCUT2D eigenvalue weighted by Crippen LogP contribution is -2.30. The van der Waals surface area contributed by atoms with E-state index in [1.807, 2.05) is 6.07 Å². The Morgan fingerprint density at radius 3 is 2.60 bits per heavy atom. The molecular weight excluding hydrogens is 387 g/mol. The van der Waals surface area contributed by atoms with Crippen LogP contribution in [0, 0.1) is 5.82 Å². The van der Waals surface area contributed by atoms with Gasteiger partial charge in [-0.05, 0) is 53.8 Å². The van der Waals surface area contributed by atoms with Crippen LogP contribution in [-0.2, 0) is 21.6 Å². The zero-order valence-electron chi connectivity index (χ0n) is 16.5. The molecule has 0 aliphatic carbocycles. The molecule has 3 aromatic rings. The van der Waals surface area contributed by atoms with Crippen molar-refractivity contribution in [1.82, 2.24) is 9.55 Å². The fraction of sp³-hybridized carbons (Fsp3) is 0.261. The van der Waals surface area contributed by atoms with Gasteiger partial charge in [0.05, 0.1) is 13.7 Å². The van der Waals surface area contributed by atoms with E-state index in [0.29, 0.717) is 13.2 Å². The molecule has 2 aromatic heterocycles. The quantitative estimate of drug-likeness (QED) is 0.606. The second kappa shape index (κ2) is 8.20. The molecule has 1 unspecified atom stereocenters. The number of carbonyl (C=O) groups excluding carboxylic acids is 1. The Labute approximate surface area is 172 Å². The number of pyridine rings is 2. The molecule has 0 spiro atoms. The van der Waals surface area contributed by atoms with Crippen molar-refractivity contribution in [2.45, 2.75) is 25.0 Å². The normalized spacial score (nSPS) is 18.3. The number of nitrogens with zero attached hydrogens (tertiary/aromatic N) is 2. The summed E-state index contributed by atoms with van der Waals surface area (Å²) in [4.78, 5) is 28.4. The number of carbonyl (C=O) groups is 1. The van der Waals surface area contributed by atoms with Gasteiger partial charge in [0.1, 0.15) is 17.1 Å². The number of halogens is 1. The third-order valence-electron chi connectivity index (χ3n) is 5.37. The monoisotopic (exact) mass is 408 g/mol. The molecule has 154 valence electrons. The number of benzene rings is 1. The smallest absolute Gasteiger partial charge is 0.356 e. The maximum absolute atomic E-state index is 13.4. The van der Waals surface area contributed by atoms with Crippen molar-refractivity contribution in [3.05, 3.63) is 99.5 Å². The van der Waals surface area contributed by atoms with E-state index in [2.05, 4.69) is 9.72 Å². The Morgan fingerprint density at radius 1 is 1.20 bits per heavy atom. The molecule has 0 N–H and O–H groups in total. The maximum atomic E-state index is 13.4. The number of esters is 1. The summed E-state index contributed by atoms with van der Waals surface area (Å²) in [5.74, 6) is -0.820. The highest BCUT2D eigenvalue weighted by molar-refractivity contribution is 5.86. The number of methoxy groups -OCH3 is 1. The summed E-state index contributed by atoms with van der Waals surface area (Å²) in [5, 5.41) is 0. The van der Waals surface area contributed by atoms with E-state index in [4.69, 9.17) is 4.74 Å². The number of hydrogen-bond donors (Lipinski definition) is 0. The van der Waals surface area contributed by atoms with E-state index in [1.54, 1.807) is 47.3 Å². The van der Waals surface area contributed by atoms with Gasteiger partial charge in [0.25, 0.3) is 5.56 Å². The molecule has 0 radical (unpaired) electrons. The molecule has 0 saturated carbocycles. The molecule has 0 amide bonds. The highest BCUT2D eigenvalue weighted by atomic mass is 19.1. The predicted molar refractivity (Wildman–Crippen MR) is 108 cm³/mol. The third-order valence-corrected chi connectivity index (χ3v) is 5.37. The van der Waals surface area contributed by atoms with E-state index >= 15 is 0 Å². The van der Waals surface area contributed by atoms with E-state index in [9.17, 15) is 14.0 Å². The van der Waals surface area contributed by atoms with Gasteiger partial charge in [0, 0.05) is 25.1 Å². The molecular formula is C23H21FN2O4. The van der Waals surface area contributed by atoms with Crippen LogP contribution in [0.15, 0.2) is 65.7 Å². The SMILES string of the molecule is COC(=O)c1ccc(Cn2ccc(C3(c4ccc(F)cc4)CCCO3)cc2=O)cn1. The molecule has 1 fully saturated rings. The van der Waals surface area contributed by atoms with Crippen LogP contribution < -0.4 is 5.56 Å². The number of aromatic nitrogens is 2. The lowest BCUT2D eigenvalue weighted by Gasteiger charge is -2.29. The second-order valence-electron chi connectivity index (χ2n) is 7.21. The molecule has 4 rings (SSSR count). The van der Waals surface area contributed by atoms with E-state index in [-0.39, 0.29) is 17.1 Å². The van der Waals surface area contributed by atoms with Crippen molar-refractivity contribution < 1.29 is 18.7 Å². The van der Waals surface area contributed by atoms with Crippen LogP contribution in [-0.4, -0.2) is 29.2 Å². The highest BCUT2D eigenvalue weighted by Gasteiger charge is 2.39. The lowest BCUT2D eigenvalue weighted by molar-refractivity contribution is 0.0357. The molecule has 6 nitrogen and oxygen atoms in total. The average molecular weight is 408 g/mol. The van der Waals surface area contributed by atoms with Crippen molar-refractivity contribution in [2.24, 2.45) is 0 Å². The summed E-state index contributed by atoms with van der Waals surface area (Å²) in [6, 6.07) is 13.0. The van der Waals surface area contributed by atoms with Gasteiger partial charge in [-0.1, -0.05) is 18.2 Å². The summed E-state index contributed by atoms with van der Waals surface area (Å²) < 4.78 is 25.7.